The Morgan fingerprint density at radius 2 is 1.94 bits per heavy atom. The number of hydrogen-bond donors (Lipinski definition) is 1. The van der Waals surface area contributed by atoms with E-state index in [1.807, 2.05) is 43.3 Å². The highest BCUT2D eigenvalue weighted by Gasteiger charge is 2.31. The summed E-state index contributed by atoms with van der Waals surface area (Å²) in [5.41, 5.74) is 3.03. The highest BCUT2D eigenvalue weighted by molar-refractivity contribution is 9.10. The second-order valence-corrected chi connectivity index (χ2v) is 10.4. The molecule has 1 amide bonds. The van der Waals surface area contributed by atoms with Crippen molar-refractivity contribution < 1.29 is 24.2 Å². The van der Waals surface area contributed by atoms with E-state index in [1.165, 1.54) is 17.3 Å². The van der Waals surface area contributed by atoms with E-state index in [0.29, 0.717) is 46.7 Å². The summed E-state index contributed by atoms with van der Waals surface area (Å²) in [6.07, 6.45) is 3.96. The fraction of sp³-hybridized carbons (Fsp3) is 0.320. The van der Waals surface area contributed by atoms with Gasteiger partial charge in [-0.05, 0) is 65.0 Å². The summed E-state index contributed by atoms with van der Waals surface area (Å²) >= 11 is 10.2. The topological polar surface area (TPSA) is 76.1 Å². The number of carboxylic acid groups (broad SMARTS) is 1. The van der Waals surface area contributed by atoms with Gasteiger partial charge in [-0.25, -0.2) is 0 Å². The van der Waals surface area contributed by atoms with E-state index in [2.05, 4.69) is 15.9 Å². The molecule has 1 saturated heterocycles. The summed E-state index contributed by atoms with van der Waals surface area (Å²) in [6, 6.07) is 11.8. The lowest BCUT2D eigenvalue weighted by atomic mass is 10.1. The summed E-state index contributed by atoms with van der Waals surface area (Å²) in [5.74, 6) is 0.209. The van der Waals surface area contributed by atoms with Gasteiger partial charge in [0.15, 0.2) is 11.5 Å². The van der Waals surface area contributed by atoms with Gasteiger partial charge >= 0.3 is 5.97 Å². The maximum Gasteiger partial charge on any atom is 0.303 e. The third-order valence-corrected chi connectivity index (χ3v) is 7.17. The van der Waals surface area contributed by atoms with Crippen LogP contribution in [0.3, 0.4) is 0 Å². The molecule has 34 heavy (non-hydrogen) atoms. The van der Waals surface area contributed by atoms with Crippen molar-refractivity contribution in [3.05, 3.63) is 62.5 Å². The summed E-state index contributed by atoms with van der Waals surface area (Å²) in [6.45, 7) is 2.93. The van der Waals surface area contributed by atoms with Crippen LogP contribution in [0.5, 0.6) is 11.5 Å². The molecule has 6 nitrogen and oxygen atoms in total. The highest BCUT2D eigenvalue weighted by Crippen LogP contribution is 2.39. The van der Waals surface area contributed by atoms with Crippen LogP contribution in [0, 0.1) is 6.92 Å². The van der Waals surface area contributed by atoms with Crippen LogP contribution in [0.4, 0.5) is 0 Å². The average molecular weight is 565 g/mol. The smallest absolute Gasteiger partial charge is 0.303 e. The summed E-state index contributed by atoms with van der Waals surface area (Å²) in [7, 11) is 1.58. The molecule has 1 aliphatic heterocycles. The Hall–Kier alpha value is -2.36. The standard InChI is InChI=1S/C25H26BrNO5S2/c1-16-7-9-17(10-8-16)15-32-23-19(26)12-18(13-20(23)31-2)14-21-24(30)27(25(33)34-21)11-5-3-4-6-22(28)29/h7-10,12-14H,3-6,11,15H2,1-2H3,(H,28,29)/b21-14-. The van der Waals surface area contributed by atoms with Crippen molar-refractivity contribution in [2.75, 3.05) is 13.7 Å². The zero-order valence-corrected chi connectivity index (χ0v) is 22.2. The number of benzene rings is 2. The lowest BCUT2D eigenvalue weighted by Gasteiger charge is -2.14. The van der Waals surface area contributed by atoms with Gasteiger partial charge in [0.05, 0.1) is 16.5 Å². The Balaban J connectivity index is 1.68. The van der Waals surface area contributed by atoms with E-state index >= 15 is 0 Å². The first-order chi connectivity index (χ1) is 16.3. The van der Waals surface area contributed by atoms with Gasteiger partial charge in [0.25, 0.3) is 5.91 Å². The van der Waals surface area contributed by atoms with Crippen molar-refractivity contribution in [1.29, 1.82) is 0 Å². The number of aliphatic carboxylic acids is 1. The van der Waals surface area contributed by atoms with Crippen molar-refractivity contribution in [3.63, 3.8) is 0 Å². The molecule has 180 valence electrons. The number of ether oxygens (including phenoxy) is 2. The van der Waals surface area contributed by atoms with Gasteiger partial charge in [-0.3, -0.25) is 14.5 Å². The van der Waals surface area contributed by atoms with Crippen molar-refractivity contribution in [2.45, 2.75) is 39.2 Å². The SMILES string of the molecule is COc1cc(/C=C2\SC(=S)N(CCCCCC(=O)O)C2=O)cc(Br)c1OCc1ccc(C)cc1. The first-order valence-electron chi connectivity index (χ1n) is 10.8. The third-order valence-electron chi connectivity index (χ3n) is 5.20. The molecule has 1 N–H and O–H groups in total. The number of carboxylic acids is 1. The maximum atomic E-state index is 12.9. The van der Waals surface area contributed by atoms with Crippen LogP contribution in [0.15, 0.2) is 45.8 Å². The largest absolute Gasteiger partial charge is 0.493 e. The fourth-order valence-corrected chi connectivity index (χ4v) is 5.25. The zero-order valence-electron chi connectivity index (χ0n) is 19.0. The average Bonchev–Trinajstić information content (AvgIpc) is 3.05. The van der Waals surface area contributed by atoms with Gasteiger partial charge < -0.3 is 14.6 Å². The number of amides is 1. The quantitative estimate of drug-likeness (QED) is 0.198. The lowest BCUT2D eigenvalue weighted by Crippen LogP contribution is -2.29. The molecular weight excluding hydrogens is 538 g/mol. The molecule has 0 spiro atoms. The second kappa shape index (κ2) is 12.4. The monoisotopic (exact) mass is 563 g/mol. The van der Waals surface area contributed by atoms with Crippen LogP contribution >= 0.6 is 39.9 Å². The second-order valence-electron chi connectivity index (χ2n) is 7.85. The number of carbonyl (C=O) groups excluding carboxylic acids is 1. The molecule has 0 radical (unpaired) electrons. The number of halogens is 1. The van der Waals surface area contributed by atoms with Crippen LogP contribution in [0.1, 0.15) is 42.4 Å². The fourth-order valence-electron chi connectivity index (χ4n) is 3.37. The molecule has 0 aliphatic carbocycles. The molecule has 1 aliphatic rings. The minimum atomic E-state index is -0.804. The van der Waals surface area contributed by atoms with E-state index in [-0.39, 0.29) is 12.3 Å². The molecule has 0 atom stereocenters. The molecule has 3 rings (SSSR count). The Morgan fingerprint density at radius 3 is 2.62 bits per heavy atom. The molecule has 1 fully saturated rings. The first kappa shape index (κ1) is 26.2. The van der Waals surface area contributed by atoms with Crippen molar-refractivity contribution in [1.82, 2.24) is 4.90 Å². The third kappa shape index (κ3) is 7.07. The number of methoxy groups -OCH3 is 1. The molecule has 1 heterocycles. The highest BCUT2D eigenvalue weighted by atomic mass is 79.9. The Bertz CT molecular complexity index is 1100. The van der Waals surface area contributed by atoms with Crippen molar-refractivity contribution in [3.8, 4) is 11.5 Å². The predicted molar refractivity (Wildman–Crippen MR) is 142 cm³/mol. The normalized spacial score (nSPS) is 14.7. The molecule has 2 aromatic rings. The molecule has 0 saturated carbocycles. The number of rotatable bonds is 11. The van der Waals surface area contributed by atoms with Gasteiger partial charge in [0, 0.05) is 13.0 Å². The van der Waals surface area contributed by atoms with Gasteiger partial charge in [-0.1, -0.05) is 60.2 Å². The number of unbranched alkanes of at least 4 members (excludes halogenated alkanes) is 2. The van der Waals surface area contributed by atoms with Crippen LogP contribution in [-0.4, -0.2) is 39.9 Å². The Labute approximate surface area is 217 Å². The number of aryl methyl sites for hydroxylation is 1. The Kier molecular flexibility index (Phi) is 9.55. The number of thioether (sulfide) groups is 1. The van der Waals surface area contributed by atoms with Crippen LogP contribution < -0.4 is 9.47 Å². The summed E-state index contributed by atoms with van der Waals surface area (Å²) in [5, 5.41) is 8.73. The van der Waals surface area contributed by atoms with E-state index < -0.39 is 5.97 Å². The number of nitrogens with zero attached hydrogens (tertiary/aromatic N) is 1. The molecule has 0 unspecified atom stereocenters. The minimum absolute atomic E-state index is 0.136. The van der Waals surface area contributed by atoms with Gasteiger partial charge in [-0.2, -0.15) is 0 Å². The molecule has 9 heteroatoms. The molecule has 2 aromatic carbocycles. The van der Waals surface area contributed by atoms with Gasteiger partial charge in [0.2, 0.25) is 0 Å². The molecule has 0 aromatic heterocycles. The lowest BCUT2D eigenvalue weighted by molar-refractivity contribution is -0.137. The zero-order chi connectivity index (χ0) is 24.7. The maximum absolute atomic E-state index is 12.9. The minimum Gasteiger partial charge on any atom is -0.493 e. The van der Waals surface area contributed by atoms with Crippen LogP contribution in [0.2, 0.25) is 0 Å². The van der Waals surface area contributed by atoms with E-state index in [4.69, 9.17) is 26.8 Å². The predicted octanol–water partition coefficient (Wildman–Crippen LogP) is 6.19. The van der Waals surface area contributed by atoms with Crippen LogP contribution in [-0.2, 0) is 16.2 Å². The van der Waals surface area contributed by atoms with Crippen LogP contribution in [0.25, 0.3) is 6.08 Å². The number of hydrogen-bond acceptors (Lipinski definition) is 6. The summed E-state index contributed by atoms with van der Waals surface area (Å²) < 4.78 is 12.8. The first-order valence-corrected chi connectivity index (χ1v) is 12.8. The molecular formula is C25H26BrNO5S2. The Morgan fingerprint density at radius 1 is 1.21 bits per heavy atom. The van der Waals surface area contributed by atoms with Gasteiger partial charge in [0.1, 0.15) is 10.9 Å². The van der Waals surface area contributed by atoms with Crippen molar-refractivity contribution in [2.24, 2.45) is 0 Å². The molecule has 0 bridgehead atoms. The van der Waals surface area contributed by atoms with Gasteiger partial charge in [-0.15, -0.1) is 0 Å². The summed E-state index contributed by atoms with van der Waals surface area (Å²) in [4.78, 5) is 25.6. The van der Waals surface area contributed by atoms with E-state index in [0.717, 1.165) is 22.0 Å². The van der Waals surface area contributed by atoms with E-state index in [9.17, 15) is 9.59 Å². The van der Waals surface area contributed by atoms with E-state index in [1.54, 1.807) is 18.1 Å². The van der Waals surface area contributed by atoms with Crippen molar-refractivity contribution >= 4 is 62.2 Å². The number of carbonyl (C=O) groups is 2. The number of thiocarbonyl (C=S) groups is 1.